The molecule has 0 bridgehead atoms. The average molecular weight is 425 g/mol. The first-order valence-electron chi connectivity index (χ1n) is 9.51. The lowest BCUT2D eigenvalue weighted by atomic mass is 10.1. The molecule has 5 rings (SSSR count). The van der Waals surface area contributed by atoms with Gasteiger partial charge in [-0.25, -0.2) is 19.9 Å². The largest absolute Gasteiger partial charge is 0.344 e. The van der Waals surface area contributed by atoms with Crippen LogP contribution in [0.15, 0.2) is 18.3 Å². The SMILES string of the molecule is Cc1nc(C)c2c(C)c(C(=O)N3CCN(c4nc5cccnc5s4)CC3)sc2n1. The number of pyridine rings is 1. The number of amides is 1. The Balaban J connectivity index is 1.35. The van der Waals surface area contributed by atoms with E-state index in [1.165, 1.54) is 11.3 Å². The number of thiazole rings is 1. The van der Waals surface area contributed by atoms with Crippen molar-refractivity contribution in [2.45, 2.75) is 20.8 Å². The molecule has 9 heteroatoms. The van der Waals surface area contributed by atoms with Gasteiger partial charge in [-0.2, -0.15) is 0 Å². The van der Waals surface area contributed by atoms with Crippen molar-refractivity contribution in [3.8, 4) is 0 Å². The number of piperazine rings is 1. The van der Waals surface area contributed by atoms with Crippen molar-refractivity contribution in [2.75, 3.05) is 31.1 Å². The Bertz CT molecular complexity index is 1210. The number of nitrogens with zero attached hydrogens (tertiary/aromatic N) is 6. The zero-order chi connectivity index (χ0) is 20.1. The van der Waals surface area contributed by atoms with Crippen LogP contribution in [0.2, 0.25) is 0 Å². The molecule has 0 N–H and O–H groups in total. The maximum absolute atomic E-state index is 13.2. The van der Waals surface area contributed by atoms with Gasteiger partial charge in [0, 0.05) is 43.5 Å². The van der Waals surface area contributed by atoms with Gasteiger partial charge in [0.2, 0.25) is 0 Å². The summed E-state index contributed by atoms with van der Waals surface area (Å²) in [5.41, 5.74) is 2.86. The molecule has 29 heavy (non-hydrogen) atoms. The van der Waals surface area contributed by atoms with Gasteiger partial charge in [0.05, 0.1) is 4.88 Å². The monoisotopic (exact) mass is 424 g/mol. The lowest BCUT2D eigenvalue weighted by molar-refractivity contribution is 0.0751. The molecule has 0 aromatic carbocycles. The van der Waals surface area contributed by atoms with Crippen LogP contribution in [0.1, 0.15) is 26.8 Å². The van der Waals surface area contributed by atoms with Crippen LogP contribution in [-0.4, -0.2) is 56.9 Å². The number of hydrogen-bond donors (Lipinski definition) is 0. The van der Waals surface area contributed by atoms with Gasteiger partial charge < -0.3 is 9.80 Å². The van der Waals surface area contributed by atoms with Gasteiger partial charge in [0.25, 0.3) is 5.91 Å². The molecule has 1 saturated heterocycles. The van der Waals surface area contributed by atoms with Crippen LogP contribution in [0.5, 0.6) is 0 Å². The molecule has 1 aliphatic heterocycles. The standard InChI is InChI=1S/C20H20N6OS2/c1-11-15-12(2)22-13(3)23-18(15)28-16(11)19(27)25-7-9-26(10-8-25)20-24-14-5-4-6-21-17(14)29-20/h4-6H,7-10H2,1-3H3. The Morgan fingerprint density at radius 1 is 1.00 bits per heavy atom. The van der Waals surface area contributed by atoms with Crippen LogP contribution in [0.4, 0.5) is 5.13 Å². The molecule has 0 unspecified atom stereocenters. The molecule has 1 amide bonds. The fourth-order valence-electron chi connectivity index (χ4n) is 3.82. The van der Waals surface area contributed by atoms with E-state index < -0.39 is 0 Å². The quantitative estimate of drug-likeness (QED) is 0.490. The van der Waals surface area contributed by atoms with Crippen LogP contribution >= 0.6 is 22.7 Å². The highest BCUT2D eigenvalue weighted by Crippen LogP contribution is 2.33. The molecular weight excluding hydrogens is 404 g/mol. The third kappa shape index (κ3) is 3.14. The highest BCUT2D eigenvalue weighted by Gasteiger charge is 2.27. The van der Waals surface area contributed by atoms with Gasteiger partial charge in [-0.1, -0.05) is 11.3 Å². The molecule has 5 heterocycles. The lowest BCUT2D eigenvalue weighted by Crippen LogP contribution is -2.48. The van der Waals surface area contributed by atoms with E-state index in [9.17, 15) is 4.79 Å². The normalized spacial score (nSPS) is 14.9. The van der Waals surface area contributed by atoms with E-state index in [-0.39, 0.29) is 5.91 Å². The van der Waals surface area contributed by atoms with Crippen molar-refractivity contribution in [3.63, 3.8) is 0 Å². The topological polar surface area (TPSA) is 75.1 Å². The predicted octanol–water partition coefficient (Wildman–Crippen LogP) is 3.58. The van der Waals surface area contributed by atoms with E-state index in [0.29, 0.717) is 13.1 Å². The molecule has 0 aliphatic carbocycles. The summed E-state index contributed by atoms with van der Waals surface area (Å²) in [6, 6.07) is 3.89. The molecule has 0 saturated carbocycles. The van der Waals surface area contributed by atoms with Crippen LogP contribution < -0.4 is 4.90 Å². The summed E-state index contributed by atoms with van der Waals surface area (Å²) >= 11 is 3.08. The van der Waals surface area contributed by atoms with Gasteiger partial charge in [0.15, 0.2) is 5.13 Å². The Morgan fingerprint density at radius 2 is 1.79 bits per heavy atom. The van der Waals surface area contributed by atoms with Crippen molar-refractivity contribution in [1.29, 1.82) is 0 Å². The number of thiophene rings is 1. The summed E-state index contributed by atoms with van der Waals surface area (Å²) in [6.45, 7) is 8.78. The fraction of sp³-hybridized carbons (Fsp3) is 0.350. The number of fused-ring (bicyclic) bond motifs is 2. The number of carbonyl (C=O) groups excluding carboxylic acids is 1. The lowest BCUT2D eigenvalue weighted by Gasteiger charge is -2.34. The highest BCUT2D eigenvalue weighted by molar-refractivity contribution is 7.21. The average Bonchev–Trinajstić information content (AvgIpc) is 3.29. The Labute approximate surface area is 176 Å². The molecule has 148 valence electrons. The second-order valence-corrected chi connectivity index (χ2v) is 9.15. The van der Waals surface area contributed by atoms with E-state index in [2.05, 4.69) is 19.9 Å². The number of aromatic nitrogens is 4. The summed E-state index contributed by atoms with van der Waals surface area (Å²) in [4.78, 5) is 38.1. The minimum Gasteiger partial charge on any atom is -0.344 e. The van der Waals surface area contributed by atoms with Gasteiger partial charge in [0.1, 0.15) is 21.0 Å². The molecule has 4 aromatic rings. The molecular formula is C20H20N6OS2. The Hall–Kier alpha value is -2.65. The van der Waals surface area contributed by atoms with Gasteiger partial charge in [-0.3, -0.25) is 4.79 Å². The second-order valence-electron chi connectivity index (χ2n) is 7.20. The van der Waals surface area contributed by atoms with Crippen molar-refractivity contribution < 1.29 is 4.79 Å². The summed E-state index contributed by atoms with van der Waals surface area (Å²) in [5, 5.41) is 2.00. The van der Waals surface area contributed by atoms with Crippen LogP contribution in [0.3, 0.4) is 0 Å². The summed E-state index contributed by atoms with van der Waals surface area (Å²) in [6.07, 6.45) is 1.79. The third-order valence-corrected chi connectivity index (χ3v) is 7.48. The number of anilines is 1. The predicted molar refractivity (Wildman–Crippen MR) is 117 cm³/mol. The van der Waals surface area contributed by atoms with E-state index in [1.54, 1.807) is 17.5 Å². The molecule has 0 atom stereocenters. The maximum Gasteiger partial charge on any atom is 0.264 e. The smallest absolute Gasteiger partial charge is 0.264 e. The van der Waals surface area contributed by atoms with Gasteiger partial charge >= 0.3 is 0 Å². The van der Waals surface area contributed by atoms with E-state index in [1.807, 2.05) is 37.8 Å². The van der Waals surface area contributed by atoms with Crippen LogP contribution in [-0.2, 0) is 0 Å². The summed E-state index contributed by atoms with van der Waals surface area (Å²) < 4.78 is 0. The first-order valence-corrected chi connectivity index (χ1v) is 11.1. The van der Waals surface area contributed by atoms with Crippen molar-refractivity contribution >= 4 is 54.3 Å². The molecule has 4 aromatic heterocycles. The molecule has 7 nitrogen and oxygen atoms in total. The first-order chi connectivity index (χ1) is 14.0. The zero-order valence-electron chi connectivity index (χ0n) is 16.5. The Kier molecular flexibility index (Phi) is 4.44. The third-order valence-electron chi connectivity index (χ3n) is 5.27. The second kappa shape index (κ2) is 7.00. The molecule has 1 aliphatic rings. The van der Waals surface area contributed by atoms with E-state index in [4.69, 9.17) is 4.98 Å². The molecule has 0 spiro atoms. The number of rotatable bonds is 2. The number of carbonyl (C=O) groups is 1. The summed E-state index contributed by atoms with van der Waals surface area (Å²) in [7, 11) is 0. The van der Waals surface area contributed by atoms with Gasteiger partial charge in [-0.15, -0.1) is 11.3 Å². The number of aryl methyl sites for hydroxylation is 3. The highest BCUT2D eigenvalue weighted by atomic mass is 32.1. The summed E-state index contributed by atoms with van der Waals surface area (Å²) in [5.74, 6) is 0.836. The van der Waals surface area contributed by atoms with E-state index >= 15 is 0 Å². The minimum atomic E-state index is 0.0909. The minimum absolute atomic E-state index is 0.0909. The first kappa shape index (κ1) is 18.4. The van der Waals surface area contributed by atoms with Crippen molar-refractivity contribution in [3.05, 3.63) is 40.3 Å². The zero-order valence-corrected chi connectivity index (χ0v) is 18.1. The van der Waals surface area contributed by atoms with Crippen LogP contribution in [0, 0.1) is 20.8 Å². The van der Waals surface area contributed by atoms with E-state index in [0.717, 1.165) is 60.7 Å². The molecule has 0 radical (unpaired) electrons. The van der Waals surface area contributed by atoms with Crippen LogP contribution in [0.25, 0.3) is 20.6 Å². The van der Waals surface area contributed by atoms with Crippen molar-refractivity contribution in [1.82, 2.24) is 24.8 Å². The fourth-order valence-corrected chi connectivity index (χ4v) is 6.02. The van der Waals surface area contributed by atoms with Gasteiger partial charge in [-0.05, 0) is 38.5 Å². The molecule has 1 fully saturated rings. The number of hydrogen-bond acceptors (Lipinski definition) is 8. The Morgan fingerprint density at radius 3 is 2.55 bits per heavy atom. The maximum atomic E-state index is 13.2. The van der Waals surface area contributed by atoms with Crippen molar-refractivity contribution in [2.24, 2.45) is 0 Å².